The maximum absolute atomic E-state index is 14.6. The van der Waals surface area contributed by atoms with E-state index in [9.17, 15) is 14.4 Å². The zero-order valence-electron chi connectivity index (χ0n) is 20.3. The van der Waals surface area contributed by atoms with E-state index in [4.69, 9.17) is 0 Å². The summed E-state index contributed by atoms with van der Waals surface area (Å²) in [6.45, 7) is 2.65. The van der Waals surface area contributed by atoms with E-state index in [-0.39, 0.29) is 23.7 Å². The number of unbranched alkanes of at least 4 members (excludes halogenated alkanes) is 1. The number of H-pyrrole nitrogens is 1. The molecule has 0 fully saturated rings. The number of anilines is 1. The molecule has 2 atom stereocenters. The summed E-state index contributed by atoms with van der Waals surface area (Å²) in [5.41, 5.74) is 1.44. The van der Waals surface area contributed by atoms with Crippen molar-refractivity contribution in [3.63, 3.8) is 0 Å². The van der Waals surface area contributed by atoms with E-state index in [2.05, 4.69) is 12.0 Å². The van der Waals surface area contributed by atoms with Gasteiger partial charge in [-0.15, -0.1) is 0 Å². The van der Waals surface area contributed by atoms with Crippen LogP contribution in [0, 0.1) is 0 Å². The van der Waals surface area contributed by atoms with Gasteiger partial charge < -0.3 is 4.90 Å². The van der Waals surface area contributed by atoms with Crippen molar-refractivity contribution >= 4 is 17.4 Å². The van der Waals surface area contributed by atoms with E-state index >= 15 is 0 Å². The molecule has 1 N–H and O–H groups in total. The molecule has 0 saturated heterocycles. The molecule has 1 aliphatic heterocycles. The SMILES string of the molecule is CCCCN1C(=O)[C@@](C(CC(=O)c2ccccc2)c2ccccc2)(n2ccc(=O)[nH]2)c2ccccc21. The van der Waals surface area contributed by atoms with Gasteiger partial charge >= 0.3 is 0 Å². The van der Waals surface area contributed by atoms with Crippen LogP contribution < -0.4 is 10.5 Å². The molecule has 0 spiro atoms. The molecule has 3 aromatic carbocycles. The standard InChI is InChI=1S/C30H29N3O3/c1-2-3-19-32-26-17-11-10-16-24(26)30(29(32)36,33-20-18-28(35)31-33)25(22-12-6-4-7-13-22)21-27(34)23-14-8-5-9-15-23/h4-18,20,25H,2-3,19,21H2,1H3,(H,31,35)/t25?,30-/m1/s1. The van der Waals surface area contributed by atoms with E-state index in [1.807, 2.05) is 77.7 Å². The molecule has 5 rings (SSSR count). The Hall–Kier alpha value is -4.19. The van der Waals surface area contributed by atoms with Crippen molar-refractivity contribution in [2.75, 3.05) is 11.4 Å². The zero-order chi connectivity index (χ0) is 25.1. The van der Waals surface area contributed by atoms with Gasteiger partial charge in [0.25, 0.3) is 11.5 Å². The van der Waals surface area contributed by atoms with Crippen molar-refractivity contribution in [1.82, 2.24) is 9.78 Å². The number of nitrogens with one attached hydrogen (secondary N) is 1. The first-order chi connectivity index (χ1) is 17.6. The molecule has 1 aliphatic rings. The molecular formula is C30H29N3O3. The molecule has 1 unspecified atom stereocenters. The van der Waals surface area contributed by atoms with Gasteiger partial charge in [-0.25, -0.2) is 0 Å². The zero-order valence-corrected chi connectivity index (χ0v) is 20.3. The number of hydrogen-bond acceptors (Lipinski definition) is 3. The Morgan fingerprint density at radius 2 is 1.56 bits per heavy atom. The number of nitrogens with zero attached hydrogens (tertiary/aromatic N) is 2. The largest absolute Gasteiger partial charge is 0.310 e. The fourth-order valence-corrected chi connectivity index (χ4v) is 5.40. The Labute approximate surface area is 210 Å². The molecule has 0 radical (unpaired) electrons. The second kappa shape index (κ2) is 9.82. The minimum Gasteiger partial charge on any atom is -0.310 e. The number of benzene rings is 3. The van der Waals surface area contributed by atoms with E-state index in [1.165, 1.54) is 6.07 Å². The number of para-hydroxylation sites is 1. The molecule has 0 aliphatic carbocycles. The Bertz CT molecular complexity index is 1420. The van der Waals surface area contributed by atoms with Crippen molar-refractivity contribution in [3.8, 4) is 0 Å². The number of fused-ring (bicyclic) bond motifs is 1. The van der Waals surface area contributed by atoms with Crippen molar-refractivity contribution in [2.45, 2.75) is 37.6 Å². The predicted octanol–water partition coefficient (Wildman–Crippen LogP) is 5.12. The number of aromatic nitrogens is 2. The Morgan fingerprint density at radius 1 is 0.889 bits per heavy atom. The second-order valence-corrected chi connectivity index (χ2v) is 9.21. The molecular weight excluding hydrogens is 450 g/mol. The highest BCUT2D eigenvalue weighted by Gasteiger charge is 2.58. The smallest absolute Gasteiger partial charge is 0.264 e. The van der Waals surface area contributed by atoms with E-state index < -0.39 is 11.5 Å². The highest BCUT2D eigenvalue weighted by molar-refractivity contribution is 6.09. The normalized spacial score (nSPS) is 17.7. The number of Topliss-reactive ketones (excluding diaryl/α,β-unsaturated/α-hetero) is 1. The fraction of sp³-hybridized carbons (Fsp3) is 0.233. The number of hydrogen-bond donors (Lipinski definition) is 1. The highest BCUT2D eigenvalue weighted by Crippen LogP contribution is 2.52. The summed E-state index contributed by atoms with van der Waals surface area (Å²) < 4.78 is 1.62. The van der Waals surface area contributed by atoms with Gasteiger partial charge in [0.2, 0.25) is 0 Å². The number of rotatable bonds is 9. The number of carbonyl (C=O) groups is 2. The lowest BCUT2D eigenvalue weighted by Crippen LogP contribution is -2.51. The summed E-state index contributed by atoms with van der Waals surface area (Å²) in [6.07, 6.45) is 3.50. The van der Waals surface area contributed by atoms with Crippen LogP contribution in [0.3, 0.4) is 0 Å². The first-order valence-corrected chi connectivity index (χ1v) is 12.4. The monoisotopic (exact) mass is 479 g/mol. The molecule has 0 saturated carbocycles. The molecule has 0 bridgehead atoms. The average Bonchev–Trinajstić information content (AvgIpc) is 3.46. The van der Waals surface area contributed by atoms with Gasteiger partial charge in [-0.2, -0.15) is 0 Å². The fourth-order valence-electron chi connectivity index (χ4n) is 5.40. The third kappa shape index (κ3) is 3.88. The first-order valence-electron chi connectivity index (χ1n) is 12.4. The number of ketones is 1. The maximum Gasteiger partial charge on any atom is 0.264 e. The summed E-state index contributed by atoms with van der Waals surface area (Å²) in [5, 5.41) is 2.87. The topological polar surface area (TPSA) is 75.2 Å². The van der Waals surface area contributed by atoms with Crippen LogP contribution in [0.25, 0.3) is 0 Å². The third-order valence-electron chi connectivity index (χ3n) is 7.09. The van der Waals surface area contributed by atoms with Gasteiger partial charge in [-0.1, -0.05) is 92.2 Å². The van der Waals surface area contributed by atoms with Gasteiger partial charge in [0, 0.05) is 48.0 Å². The van der Waals surface area contributed by atoms with E-state index in [0.29, 0.717) is 12.1 Å². The molecule has 2 heterocycles. The van der Waals surface area contributed by atoms with Crippen LogP contribution in [-0.2, 0) is 10.3 Å². The number of amides is 1. The van der Waals surface area contributed by atoms with Crippen molar-refractivity contribution in [1.29, 1.82) is 0 Å². The summed E-state index contributed by atoms with van der Waals surface area (Å²) in [5.74, 6) is -0.760. The lowest BCUT2D eigenvalue weighted by molar-refractivity contribution is -0.125. The molecule has 4 aromatic rings. The average molecular weight is 480 g/mol. The van der Waals surface area contributed by atoms with Crippen LogP contribution in [0.5, 0.6) is 0 Å². The van der Waals surface area contributed by atoms with Crippen molar-refractivity contribution < 1.29 is 9.59 Å². The lowest BCUT2D eigenvalue weighted by atomic mass is 9.72. The van der Waals surface area contributed by atoms with Gasteiger partial charge in [-0.3, -0.25) is 24.2 Å². The lowest BCUT2D eigenvalue weighted by Gasteiger charge is -2.38. The van der Waals surface area contributed by atoms with Crippen LogP contribution in [0.2, 0.25) is 0 Å². The summed E-state index contributed by atoms with van der Waals surface area (Å²) in [4.78, 5) is 42.5. The Morgan fingerprint density at radius 3 is 2.22 bits per heavy atom. The third-order valence-corrected chi connectivity index (χ3v) is 7.09. The van der Waals surface area contributed by atoms with Gasteiger partial charge in [0.15, 0.2) is 11.3 Å². The van der Waals surface area contributed by atoms with E-state index in [0.717, 1.165) is 29.7 Å². The highest BCUT2D eigenvalue weighted by atomic mass is 16.2. The minimum atomic E-state index is -1.32. The quantitative estimate of drug-likeness (QED) is 0.339. The van der Waals surface area contributed by atoms with Crippen LogP contribution in [0.4, 0.5) is 5.69 Å². The second-order valence-electron chi connectivity index (χ2n) is 9.21. The van der Waals surface area contributed by atoms with Crippen LogP contribution in [-0.4, -0.2) is 28.0 Å². The van der Waals surface area contributed by atoms with E-state index in [1.54, 1.807) is 23.0 Å². The van der Waals surface area contributed by atoms with Crippen LogP contribution in [0.1, 0.15) is 53.6 Å². The Balaban J connectivity index is 1.76. The first kappa shape index (κ1) is 23.5. The molecule has 36 heavy (non-hydrogen) atoms. The maximum atomic E-state index is 14.6. The predicted molar refractivity (Wildman–Crippen MR) is 140 cm³/mol. The van der Waals surface area contributed by atoms with Gasteiger partial charge in [0.05, 0.1) is 0 Å². The van der Waals surface area contributed by atoms with Gasteiger partial charge in [-0.05, 0) is 18.1 Å². The van der Waals surface area contributed by atoms with Crippen LogP contribution in [0.15, 0.2) is 102 Å². The molecule has 1 aromatic heterocycles. The molecule has 182 valence electrons. The van der Waals surface area contributed by atoms with Crippen molar-refractivity contribution in [3.05, 3.63) is 124 Å². The summed E-state index contributed by atoms with van der Waals surface area (Å²) in [7, 11) is 0. The molecule has 6 heteroatoms. The number of aromatic amines is 1. The van der Waals surface area contributed by atoms with Gasteiger partial charge in [0.1, 0.15) is 0 Å². The van der Waals surface area contributed by atoms with Crippen molar-refractivity contribution in [2.24, 2.45) is 0 Å². The summed E-state index contributed by atoms with van der Waals surface area (Å²) >= 11 is 0. The molecule has 1 amide bonds. The minimum absolute atomic E-state index is 0.0596. The Kier molecular flexibility index (Phi) is 6.42. The van der Waals surface area contributed by atoms with Crippen LogP contribution >= 0.6 is 0 Å². The molecule has 6 nitrogen and oxygen atoms in total. The number of carbonyl (C=O) groups excluding carboxylic acids is 2. The summed E-state index contributed by atoms with van der Waals surface area (Å²) in [6, 6.07) is 28.0.